The molecule has 0 bridgehead atoms. The highest BCUT2D eigenvalue weighted by molar-refractivity contribution is 5.82. The van der Waals surface area contributed by atoms with E-state index in [1.54, 1.807) is 0 Å². The van der Waals surface area contributed by atoms with Gasteiger partial charge in [0.05, 0.1) is 13.2 Å². The number of carbonyl (C=O) groups excluding carboxylic acids is 1. The van der Waals surface area contributed by atoms with Crippen LogP contribution < -0.4 is 10.4 Å². The lowest BCUT2D eigenvalue weighted by atomic mass is 10.2. The summed E-state index contributed by atoms with van der Waals surface area (Å²) in [5.41, 5.74) is 7.54. The Morgan fingerprint density at radius 1 is 1.19 bits per heavy atom. The van der Waals surface area contributed by atoms with Crippen molar-refractivity contribution in [3.8, 4) is 5.75 Å². The van der Waals surface area contributed by atoms with Crippen LogP contribution in [0.25, 0.3) is 21.4 Å². The van der Waals surface area contributed by atoms with E-state index < -0.39 is 24.2 Å². The summed E-state index contributed by atoms with van der Waals surface area (Å²) in [7, 11) is 0. The van der Waals surface area contributed by atoms with Crippen molar-refractivity contribution in [3.63, 3.8) is 0 Å². The molecule has 0 unspecified atom stereocenters. The Morgan fingerprint density at radius 3 is 2.62 bits per heavy atom. The van der Waals surface area contributed by atoms with Crippen LogP contribution in [-0.4, -0.2) is 43.5 Å². The summed E-state index contributed by atoms with van der Waals surface area (Å²) in [5, 5.41) is 12.1. The molecule has 0 saturated heterocycles. The Hall–Kier alpha value is -3.40. The Labute approximate surface area is 145 Å². The van der Waals surface area contributed by atoms with Crippen LogP contribution >= 0.6 is 0 Å². The summed E-state index contributed by atoms with van der Waals surface area (Å²) < 4.78 is 19.8. The molecule has 0 aliphatic heterocycles. The van der Waals surface area contributed by atoms with Gasteiger partial charge in [-0.05, 0) is 23.7 Å². The van der Waals surface area contributed by atoms with Crippen LogP contribution in [-0.2, 0) is 19.1 Å². The van der Waals surface area contributed by atoms with Gasteiger partial charge in [-0.15, -0.1) is 0 Å². The maximum absolute atomic E-state index is 11.7. The van der Waals surface area contributed by atoms with E-state index in [1.807, 2.05) is 0 Å². The summed E-state index contributed by atoms with van der Waals surface area (Å²) in [6, 6.07) is 5.69. The van der Waals surface area contributed by atoms with Crippen molar-refractivity contribution in [2.45, 2.75) is 0 Å². The largest absolute Gasteiger partial charge is 0.480 e. The standard InChI is InChI=1S/C15H13N3O8/c16-18-17-11-5-9-1-2-10(6-12(9)26-15(11)22)25-14(21)8-24-4-3-23-7-13(19)20/h1-2,5-6H,3-4,7-8H2,(H,19,20). The number of esters is 1. The average Bonchev–Trinajstić information content (AvgIpc) is 2.58. The van der Waals surface area contributed by atoms with Gasteiger partial charge in [0.15, 0.2) is 0 Å². The number of hydrogen-bond acceptors (Lipinski definition) is 8. The topological polar surface area (TPSA) is 161 Å². The minimum atomic E-state index is -1.10. The number of carboxylic acids is 1. The number of hydrogen-bond donors (Lipinski definition) is 1. The molecule has 0 amide bonds. The zero-order chi connectivity index (χ0) is 18.9. The van der Waals surface area contributed by atoms with Gasteiger partial charge in [-0.3, -0.25) is 0 Å². The lowest BCUT2D eigenvalue weighted by Gasteiger charge is -2.06. The van der Waals surface area contributed by atoms with Gasteiger partial charge in [0.2, 0.25) is 0 Å². The molecule has 26 heavy (non-hydrogen) atoms. The molecule has 1 aromatic carbocycles. The van der Waals surface area contributed by atoms with Crippen molar-refractivity contribution in [1.29, 1.82) is 0 Å². The van der Waals surface area contributed by atoms with E-state index in [0.29, 0.717) is 5.39 Å². The molecule has 2 rings (SSSR count). The van der Waals surface area contributed by atoms with Gasteiger partial charge in [0.25, 0.3) is 0 Å². The Morgan fingerprint density at radius 2 is 1.92 bits per heavy atom. The highest BCUT2D eigenvalue weighted by Crippen LogP contribution is 2.22. The van der Waals surface area contributed by atoms with Crippen LogP contribution in [0.3, 0.4) is 0 Å². The maximum atomic E-state index is 11.7. The second-order valence-corrected chi connectivity index (χ2v) is 4.78. The van der Waals surface area contributed by atoms with E-state index in [-0.39, 0.29) is 36.8 Å². The van der Waals surface area contributed by atoms with Crippen molar-refractivity contribution in [1.82, 2.24) is 0 Å². The van der Waals surface area contributed by atoms with Crippen molar-refractivity contribution in [3.05, 3.63) is 45.1 Å². The summed E-state index contributed by atoms with van der Waals surface area (Å²) in [6.07, 6.45) is 0. The first kappa shape index (κ1) is 18.9. The molecule has 1 heterocycles. The molecule has 0 aliphatic carbocycles. The molecular weight excluding hydrogens is 350 g/mol. The van der Waals surface area contributed by atoms with E-state index in [9.17, 15) is 14.4 Å². The average molecular weight is 363 g/mol. The van der Waals surface area contributed by atoms with Gasteiger partial charge >= 0.3 is 17.6 Å². The third kappa shape index (κ3) is 5.60. The number of nitrogens with zero attached hydrogens (tertiary/aromatic N) is 3. The van der Waals surface area contributed by atoms with Crippen molar-refractivity contribution >= 4 is 28.6 Å². The van der Waals surface area contributed by atoms with E-state index >= 15 is 0 Å². The van der Waals surface area contributed by atoms with Crippen LogP contribution in [0.1, 0.15) is 0 Å². The fraction of sp³-hybridized carbons (Fsp3) is 0.267. The third-order valence-corrected chi connectivity index (χ3v) is 2.89. The minimum Gasteiger partial charge on any atom is -0.480 e. The number of azide groups is 1. The van der Waals surface area contributed by atoms with E-state index in [0.717, 1.165) is 0 Å². The molecule has 136 valence electrons. The normalized spacial score (nSPS) is 10.3. The highest BCUT2D eigenvalue weighted by Gasteiger charge is 2.09. The molecule has 0 spiro atoms. The zero-order valence-corrected chi connectivity index (χ0v) is 13.3. The molecule has 11 heteroatoms. The highest BCUT2D eigenvalue weighted by atomic mass is 16.6. The number of carboxylic acid groups (broad SMARTS) is 1. The van der Waals surface area contributed by atoms with E-state index in [1.165, 1.54) is 24.3 Å². The van der Waals surface area contributed by atoms with E-state index in [4.69, 9.17) is 29.3 Å². The van der Waals surface area contributed by atoms with Gasteiger partial charge in [-0.2, -0.15) is 0 Å². The summed E-state index contributed by atoms with van der Waals surface area (Å²) >= 11 is 0. The maximum Gasteiger partial charge on any atom is 0.345 e. The number of fused-ring (bicyclic) bond motifs is 1. The van der Waals surface area contributed by atoms with Crippen molar-refractivity contribution < 1.29 is 33.3 Å². The molecule has 1 N–H and O–H groups in total. The van der Waals surface area contributed by atoms with Gasteiger partial charge in [0, 0.05) is 16.4 Å². The molecule has 0 fully saturated rings. The lowest BCUT2D eigenvalue weighted by molar-refractivity contribution is -0.144. The van der Waals surface area contributed by atoms with Crippen LogP contribution in [0.2, 0.25) is 0 Å². The summed E-state index contributed by atoms with van der Waals surface area (Å²) in [4.78, 5) is 36.0. The second kappa shape index (κ2) is 9.18. The van der Waals surface area contributed by atoms with Crippen LogP contribution in [0, 0.1) is 0 Å². The number of benzene rings is 1. The number of aliphatic carboxylic acids is 1. The molecule has 2 aromatic rings. The SMILES string of the molecule is [N-]=[N+]=Nc1cc2ccc(OC(=O)COCCOCC(=O)O)cc2oc1=O. The molecule has 11 nitrogen and oxygen atoms in total. The molecule has 1 aromatic heterocycles. The van der Waals surface area contributed by atoms with Crippen LogP contribution in [0.15, 0.2) is 38.6 Å². The molecule has 0 radical (unpaired) electrons. The molecule has 0 saturated carbocycles. The minimum absolute atomic E-state index is 0.0220. The van der Waals surface area contributed by atoms with Gasteiger partial charge in [0.1, 0.15) is 30.2 Å². The monoisotopic (exact) mass is 363 g/mol. The van der Waals surface area contributed by atoms with Gasteiger partial charge in [-0.25, -0.2) is 14.4 Å². The van der Waals surface area contributed by atoms with E-state index in [2.05, 4.69) is 10.0 Å². The molecule has 0 atom stereocenters. The van der Waals surface area contributed by atoms with Crippen molar-refractivity contribution in [2.75, 3.05) is 26.4 Å². The first-order chi connectivity index (χ1) is 12.5. The number of ether oxygens (including phenoxy) is 3. The predicted molar refractivity (Wildman–Crippen MR) is 86.2 cm³/mol. The predicted octanol–water partition coefficient (Wildman–Crippen LogP) is 1.76. The van der Waals surface area contributed by atoms with Gasteiger partial charge < -0.3 is 23.7 Å². The van der Waals surface area contributed by atoms with Crippen LogP contribution in [0.5, 0.6) is 5.75 Å². The third-order valence-electron chi connectivity index (χ3n) is 2.89. The second-order valence-electron chi connectivity index (χ2n) is 4.78. The van der Waals surface area contributed by atoms with Gasteiger partial charge in [-0.1, -0.05) is 5.11 Å². The quantitative estimate of drug-likeness (QED) is 0.134. The molecule has 0 aliphatic rings. The first-order valence-electron chi connectivity index (χ1n) is 7.20. The lowest BCUT2D eigenvalue weighted by Crippen LogP contribution is -2.18. The Kier molecular flexibility index (Phi) is 6.68. The smallest absolute Gasteiger partial charge is 0.345 e. The van der Waals surface area contributed by atoms with Crippen LogP contribution in [0.4, 0.5) is 5.69 Å². The summed E-state index contributed by atoms with van der Waals surface area (Å²) in [5.74, 6) is -1.66. The fourth-order valence-corrected chi connectivity index (χ4v) is 1.86. The number of carbonyl (C=O) groups is 2. The molecular formula is C15H13N3O8. The summed E-state index contributed by atoms with van der Waals surface area (Å²) in [6.45, 7) is -0.767. The Bertz CT molecular complexity index is 917. The first-order valence-corrected chi connectivity index (χ1v) is 7.20. The fourth-order valence-electron chi connectivity index (χ4n) is 1.86. The number of rotatable bonds is 9. The zero-order valence-electron chi connectivity index (χ0n) is 13.3. The Balaban J connectivity index is 1.91. The van der Waals surface area contributed by atoms with Crippen molar-refractivity contribution in [2.24, 2.45) is 5.11 Å².